The van der Waals surface area contributed by atoms with Gasteiger partial charge in [-0.05, 0) is 52.3 Å². The maximum absolute atomic E-state index is 14.6. The molecule has 1 atom stereocenters. The van der Waals surface area contributed by atoms with Gasteiger partial charge in [0, 0.05) is 38.9 Å². The first-order valence-corrected chi connectivity index (χ1v) is 11.6. The summed E-state index contributed by atoms with van der Waals surface area (Å²) < 4.78 is 20.1. The maximum Gasteiger partial charge on any atom is 0.410 e. The van der Waals surface area contributed by atoms with Crippen LogP contribution in [0.25, 0.3) is 0 Å². The Kier molecular flexibility index (Phi) is 7.94. The zero-order chi connectivity index (χ0) is 25.9. The van der Waals surface area contributed by atoms with Crippen LogP contribution in [0.1, 0.15) is 38.8 Å². The Morgan fingerprint density at radius 1 is 1.37 bits per heavy atom. The Morgan fingerprint density at radius 2 is 2.09 bits per heavy atom. The number of anilines is 2. The summed E-state index contributed by atoms with van der Waals surface area (Å²) in [6.45, 7) is 10.4. The third-order valence-electron chi connectivity index (χ3n) is 5.52. The fourth-order valence-corrected chi connectivity index (χ4v) is 4.04. The molecule has 0 aromatic carbocycles. The first-order chi connectivity index (χ1) is 16.5. The topological polar surface area (TPSA) is 91.2 Å². The number of ether oxygens (including phenoxy) is 1. The number of hydrogen-bond acceptors (Lipinski definition) is 6. The van der Waals surface area contributed by atoms with Gasteiger partial charge in [0.25, 0.3) is 0 Å². The number of aryl methyl sites for hydroxylation is 1. The van der Waals surface area contributed by atoms with Crippen molar-refractivity contribution < 1.29 is 18.7 Å². The number of carbonyl (C=O) groups excluding carboxylic acids is 2. The van der Waals surface area contributed by atoms with Crippen molar-refractivity contribution in [1.82, 2.24) is 19.8 Å². The van der Waals surface area contributed by atoms with Crippen molar-refractivity contribution in [3.05, 3.63) is 46.6 Å². The number of rotatable bonds is 4. The van der Waals surface area contributed by atoms with Gasteiger partial charge >= 0.3 is 6.09 Å². The van der Waals surface area contributed by atoms with Gasteiger partial charge in [-0.15, -0.1) is 0 Å². The molecule has 3 rings (SSSR count). The minimum Gasteiger partial charge on any atom is -0.444 e. The van der Waals surface area contributed by atoms with Crippen molar-refractivity contribution in [3.8, 4) is 0 Å². The second-order valence-electron chi connectivity index (χ2n) is 9.29. The molecule has 9 nitrogen and oxygen atoms in total. The van der Waals surface area contributed by atoms with E-state index >= 15 is 0 Å². The largest absolute Gasteiger partial charge is 0.444 e. The number of pyridine rings is 2. The van der Waals surface area contributed by atoms with Gasteiger partial charge in [-0.2, -0.15) is 0 Å². The Hall–Kier alpha value is -3.27. The van der Waals surface area contributed by atoms with Crippen LogP contribution in [0.15, 0.2) is 29.5 Å². The van der Waals surface area contributed by atoms with E-state index in [1.807, 2.05) is 39.5 Å². The quantitative estimate of drug-likeness (QED) is 0.268. The highest BCUT2D eigenvalue weighted by molar-refractivity contribution is 6.30. The highest BCUT2D eigenvalue weighted by atomic mass is 35.5. The van der Waals surface area contributed by atoms with Gasteiger partial charge in [0.1, 0.15) is 11.4 Å². The average Bonchev–Trinajstić information content (AvgIpc) is 2.78. The standard InChI is InChI=1S/C24H30ClFN6O3/c1-15-7-8-28-12-19(15)32(14-33)22-17(11-18(26)20(25)29-22)21(27-6)31-10-9-30(13-16(31)2)23(34)35-24(3,4)5/h7-8,11-12,14,16H,9-10,13H2,1-6H3. The average molecular weight is 505 g/mol. The van der Waals surface area contributed by atoms with Crippen LogP contribution in [-0.4, -0.2) is 76.4 Å². The summed E-state index contributed by atoms with van der Waals surface area (Å²) in [5, 5.41) is -0.365. The van der Waals surface area contributed by atoms with Crippen molar-refractivity contribution in [2.24, 2.45) is 4.99 Å². The molecule has 35 heavy (non-hydrogen) atoms. The van der Waals surface area contributed by atoms with Crippen LogP contribution in [0.2, 0.25) is 5.15 Å². The van der Waals surface area contributed by atoms with Crippen LogP contribution in [0.4, 0.5) is 20.7 Å². The molecule has 0 aliphatic carbocycles. The summed E-state index contributed by atoms with van der Waals surface area (Å²) in [6.07, 6.45) is 3.33. The molecule has 1 saturated heterocycles. The van der Waals surface area contributed by atoms with Gasteiger partial charge in [-0.3, -0.25) is 19.7 Å². The third-order valence-corrected chi connectivity index (χ3v) is 5.79. The maximum atomic E-state index is 14.6. The summed E-state index contributed by atoms with van der Waals surface area (Å²) >= 11 is 6.03. The van der Waals surface area contributed by atoms with E-state index in [0.717, 1.165) is 5.56 Å². The fourth-order valence-electron chi connectivity index (χ4n) is 3.90. The fraction of sp³-hybridized carbons (Fsp3) is 0.458. The number of nitrogens with zero attached hydrogens (tertiary/aromatic N) is 6. The van der Waals surface area contributed by atoms with E-state index in [0.29, 0.717) is 43.1 Å². The number of amides is 2. The lowest BCUT2D eigenvalue weighted by molar-refractivity contribution is -0.106. The van der Waals surface area contributed by atoms with Gasteiger partial charge < -0.3 is 14.5 Å². The number of aromatic nitrogens is 2. The lowest BCUT2D eigenvalue weighted by Crippen LogP contribution is -2.56. The van der Waals surface area contributed by atoms with E-state index in [-0.39, 0.29) is 17.0 Å². The van der Waals surface area contributed by atoms with Crippen molar-refractivity contribution in [1.29, 1.82) is 0 Å². The van der Waals surface area contributed by atoms with E-state index in [1.54, 1.807) is 24.2 Å². The van der Waals surface area contributed by atoms with E-state index in [1.165, 1.54) is 17.2 Å². The highest BCUT2D eigenvalue weighted by Crippen LogP contribution is 2.32. The van der Waals surface area contributed by atoms with Gasteiger partial charge in [0.15, 0.2) is 16.8 Å². The third kappa shape index (κ3) is 5.87. The number of hydrogen-bond donors (Lipinski definition) is 0. The summed E-state index contributed by atoms with van der Waals surface area (Å²) in [5.41, 5.74) is 0.951. The van der Waals surface area contributed by atoms with Crippen molar-refractivity contribution in [2.45, 2.75) is 46.3 Å². The van der Waals surface area contributed by atoms with Crippen LogP contribution < -0.4 is 4.90 Å². The summed E-state index contributed by atoms with van der Waals surface area (Å²) in [4.78, 5) is 42.3. The van der Waals surface area contributed by atoms with Crippen molar-refractivity contribution >= 4 is 41.4 Å². The smallest absolute Gasteiger partial charge is 0.410 e. The second kappa shape index (κ2) is 10.6. The number of aliphatic imine (C=N–C) groups is 1. The van der Waals surface area contributed by atoms with Crippen LogP contribution in [-0.2, 0) is 9.53 Å². The van der Waals surface area contributed by atoms with Gasteiger partial charge in [-0.25, -0.2) is 14.2 Å². The SMILES string of the molecule is CN=C(c1cc(F)c(Cl)nc1N(C=O)c1cnccc1C)N1CCN(C(=O)OC(C)(C)C)CC1C. The first kappa shape index (κ1) is 26.3. The molecule has 11 heteroatoms. The lowest BCUT2D eigenvalue weighted by atomic mass is 10.1. The van der Waals surface area contributed by atoms with E-state index in [9.17, 15) is 14.0 Å². The molecular weight excluding hydrogens is 475 g/mol. The summed E-state index contributed by atoms with van der Waals surface area (Å²) in [6, 6.07) is 2.80. The molecule has 1 aliphatic heterocycles. The second-order valence-corrected chi connectivity index (χ2v) is 9.64. The van der Waals surface area contributed by atoms with Crippen molar-refractivity contribution in [2.75, 3.05) is 31.6 Å². The molecule has 1 fully saturated rings. The first-order valence-electron chi connectivity index (χ1n) is 11.2. The number of piperazine rings is 1. The summed E-state index contributed by atoms with van der Waals surface area (Å²) in [7, 11) is 1.58. The van der Waals surface area contributed by atoms with Gasteiger partial charge in [0.2, 0.25) is 6.41 Å². The molecule has 1 unspecified atom stereocenters. The van der Waals surface area contributed by atoms with E-state index < -0.39 is 17.5 Å². The highest BCUT2D eigenvalue weighted by Gasteiger charge is 2.33. The van der Waals surface area contributed by atoms with Gasteiger partial charge in [-0.1, -0.05) is 11.6 Å². The summed E-state index contributed by atoms with van der Waals surface area (Å²) in [5.74, 6) is -0.182. The number of amidine groups is 1. The molecular formula is C24H30ClFN6O3. The molecule has 188 valence electrons. The zero-order valence-corrected chi connectivity index (χ0v) is 21.5. The predicted molar refractivity (Wildman–Crippen MR) is 133 cm³/mol. The lowest BCUT2D eigenvalue weighted by Gasteiger charge is -2.42. The monoisotopic (exact) mass is 504 g/mol. The van der Waals surface area contributed by atoms with Crippen LogP contribution in [0, 0.1) is 12.7 Å². The van der Waals surface area contributed by atoms with E-state index in [4.69, 9.17) is 16.3 Å². The predicted octanol–water partition coefficient (Wildman–Crippen LogP) is 4.19. The molecule has 0 spiro atoms. The Labute approximate surface area is 209 Å². The molecule has 2 aromatic heterocycles. The number of carbonyl (C=O) groups is 2. The molecule has 1 aliphatic rings. The normalized spacial score (nSPS) is 16.8. The van der Waals surface area contributed by atoms with Crippen LogP contribution in [0.5, 0.6) is 0 Å². The molecule has 2 aromatic rings. The zero-order valence-electron chi connectivity index (χ0n) is 20.7. The van der Waals surface area contributed by atoms with Crippen LogP contribution >= 0.6 is 11.6 Å². The molecule has 0 bridgehead atoms. The minimum atomic E-state index is -0.736. The molecule has 0 radical (unpaired) electrons. The molecule has 0 saturated carbocycles. The Bertz CT molecular complexity index is 1140. The number of halogens is 2. The van der Waals surface area contributed by atoms with E-state index in [2.05, 4.69) is 15.0 Å². The minimum absolute atomic E-state index is 0.130. The Balaban J connectivity index is 1.98. The molecule has 3 heterocycles. The molecule has 2 amide bonds. The Morgan fingerprint density at radius 3 is 2.66 bits per heavy atom. The molecule has 0 N–H and O–H groups in total. The van der Waals surface area contributed by atoms with Gasteiger partial charge in [0.05, 0.1) is 17.4 Å². The van der Waals surface area contributed by atoms with Crippen LogP contribution in [0.3, 0.4) is 0 Å². The van der Waals surface area contributed by atoms with Crippen molar-refractivity contribution in [3.63, 3.8) is 0 Å².